The molecule has 3 aromatic rings. The van der Waals surface area contributed by atoms with Crippen LogP contribution in [0.15, 0.2) is 60.9 Å². The van der Waals surface area contributed by atoms with Crippen molar-refractivity contribution in [2.75, 3.05) is 25.5 Å². The second-order valence-electron chi connectivity index (χ2n) is 8.15. The van der Waals surface area contributed by atoms with Crippen molar-refractivity contribution in [3.8, 4) is 11.5 Å². The fraction of sp³-hybridized carbons (Fsp3) is 0.320. The fourth-order valence-electron chi connectivity index (χ4n) is 3.56. The van der Waals surface area contributed by atoms with Gasteiger partial charge in [-0.05, 0) is 43.5 Å². The molecular weight excluding hydrogens is 420 g/mol. The van der Waals surface area contributed by atoms with Crippen molar-refractivity contribution >= 4 is 17.5 Å². The van der Waals surface area contributed by atoms with E-state index in [4.69, 9.17) is 9.47 Å². The van der Waals surface area contributed by atoms with Crippen LogP contribution >= 0.6 is 0 Å². The van der Waals surface area contributed by atoms with Gasteiger partial charge in [0.05, 0.1) is 18.4 Å². The molecule has 33 heavy (non-hydrogen) atoms. The number of anilines is 1. The van der Waals surface area contributed by atoms with Crippen LogP contribution in [0.4, 0.5) is 5.69 Å². The third kappa shape index (κ3) is 5.91. The first-order chi connectivity index (χ1) is 16.0. The number of benzene rings is 2. The van der Waals surface area contributed by atoms with Gasteiger partial charge in [0, 0.05) is 13.2 Å². The monoisotopic (exact) mass is 448 g/mol. The van der Waals surface area contributed by atoms with E-state index in [1.54, 1.807) is 18.1 Å². The molecule has 0 fully saturated rings. The number of nitrogens with zero attached hydrogens (tertiary/aromatic N) is 3. The van der Waals surface area contributed by atoms with Crippen LogP contribution in [-0.4, -0.2) is 52.8 Å². The fourth-order valence-corrected chi connectivity index (χ4v) is 3.56. The van der Waals surface area contributed by atoms with Crippen LogP contribution in [0, 0.1) is 6.92 Å². The lowest BCUT2D eigenvalue weighted by molar-refractivity contribution is -0.131. The maximum Gasteiger partial charge on any atom is 0.265 e. The van der Waals surface area contributed by atoms with E-state index in [9.17, 15) is 9.59 Å². The van der Waals surface area contributed by atoms with Crippen molar-refractivity contribution in [3.63, 3.8) is 0 Å². The van der Waals surface area contributed by atoms with E-state index in [1.807, 2.05) is 55.5 Å². The summed E-state index contributed by atoms with van der Waals surface area (Å²) in [6, 6.07) is 15.5. The number of likely N-dealkylation sites (N-methyl/N-ethyl adjacent to an activating group) is 1. The molecule has 0 unspecified atom stereocenters. The van der Waals surface area contributed by atoms with E-state index in [0.29, 0.717) is 25.3 Å². The third-order valence-corrected chi connectivity index (χ3v) is 5.55. The van der Waals surface area contributed by atoms with Crippen LogP contribution in [0.3, 0.4) is 0 Å². The Morgan fingerprint density at radius 1 is 1.21 bits per heavy atom. The summed E-state index contributed by atoms with van der Waals surface area (Å²) in [4.78, 5) is 26.7. The molecule has 2 amide bonds. The number of carbonyl (C=O) groups is 2. The molecule has 2 heterocycles. The van der Waals surface area contributed by atoms with Crippen LogP contribution in [0.1, 0.15) is 17.5 Å². The second-order valence-corrected chi connectivity index (χ2v) is 8.15. The van der Waals surface area contributed by atoms with Gasteiger partial charge in [-0.3, -0.25) is 14.3 Å². The van der Waals surface area contributed by atoms with Crippen LogP contribution in [0.5, 0.6) is 11.5 Å². The van der Waals surface area contributed by atoms with E-state index in [1.165, 1.54) is 16.4 Å². The van der Waals surface area contributed by atoms with Crippen molar-refractivity contribution in [3.05, 3.63) is 72.1 Å². The number of aryl methyl sites for hydroxylation is 2. The minimum Gasteiger partial charge on any atom is -0.492 e. The van der Waals surface area contributed by atoms with E-state index < -0.39 is 6.10 Å². The molecule has 4 rings (SSSR count). The molecule has 0 bridgehead atoms. The average Bonchev–Trinajstić information content (AvgIpc) is 3.26. The maximum atomic E-state index is 12.6. The van der Waals surface area contributed by atoms with E-state index in [2.05, 4.69) is 10.4 Å². The van der Waals surface area contributed by atoms with Gasteiger partial charge in [-0.1, -0.05) is 35.9 Å². The summed E-state index contributed by atoms with van der Waals surface area (Å²) in [6.07, 6.45) is 4.03. The van der Waals surface area contributed by atoms with Gasteiger partial charge in [-0.15, -0.1) is 0 Å². The number of nitrogens with one attached hydrogen (secondary N) is 1. The molecule has 1 aliphatic rings. The maximum absolute atomic E-state index is 12.6. The van der Waals surface area contributed by atoms with Gasteiger partial charge in [0.25, 0.3) is 5.91 Å². The molecule has 0 saturated heterocycles. The highest BCUT2D eigenvalue weighted by molar-refractivity contribution is 5.94. The lowest BCUT2D eigenvalue weighted by Gasteiger charge is -2.24. The second kappa shape index (κ2) is 10.2. The van der Waals surface area contributed by atoms with Gasteiger partial charge in [0.2, 0.25) is 5.91 Å². The molecule has 2 aromatic carbocycles. The molecule has 1 N–H and O–H groups in total. The van der Waals surface area contributed by atoms with Crippen molar-refractivity contribution < 1.29 is 19.1 Å². The number of amides is 2. The average molecular weight is 449 g/mol. The summed E-state index contributed by atoms with van der Waals surface area (Å²) in [5.74, 6) is 1.20. The number of aromatic nitrogens is 2. The Kier molecular flexibility index (Phi) is 6.92. The molecule has 8 nitrogen and oxygen atoms in total. The molecule has 0 aliphatic carbocycles. The Bertz CT molecular complexity index is 1110. The highest BCUT2D eigenvalue weighted by Crippen LogP contribution is 2.27. The van der Waals surface area contributed by atoms with Gasteiger partial charge in [-0.2, -0.15) is 5.10 Å². The Morgan fingerprint density at radius 3 is 2.82 bits per heavy atom. The van der Waals surface area contributed by atoms with Crippen molar-refractivity contribution in [2.45, 2.75) is 32.4 Å². The van der Waals surface area contributed by atoms with E-state index in [0.717, 1.165) is 23.5 Å². The summed E-state index contributed by atoms with van der Waals surface area (Å²) in [5, 5.41) is 7.02. The smallest absolute Gasteiger partial charge is 0.265 e. The van der Waals surface area contributed by atoms with Crippen LogP contribution < -0.4 is 14.8 Å². The minimum absolute atomic E-state index is 0.0736. The van der Waals surface area contributed by atoms with Gasteiger partial charge < -0.3 is 19.7 Å². The third-order valence-electron chi connectivity index (χ3n) is 5.55. The summed E-state index contributed by atoms with van der Waals surface area (Å²) in [5.41, 5.74) is 2.81. The first-order valence-corrected chi connectivity index (χ1v) is 11.0. The summed E-state index contributed by atoms with van der Waals surface area (Å²) in [7, 11) is 1.73. The number of hydrogen-bond acceptors (Lipinski definition) is 5. The Balaban J connectivity index is 1.23. The highest BCUT2D eigenvalue weighted by Gasteiger charge is 2.26. The van der Waals surface area contributed by atoms with Gasteiger partial charge in [-0.25, -0.2) is 0 Å². The molecular formula is C25H28N4O4. The molecule has 8 heteroatoms. The normalized spacial score (nSPS) is 14.7. The number of para-hydroxylation sites is 1. The van der Waals surface area contributed by atoms with Gasteiger partial charge in [0.15, 0.2) is 6.10 Å². The summed E-state index contributed by atoms with van der Waals surface area (Å²) in [6.45, 7) is 2.95. The quantitative estimate of drug-likeness (QED) is 0.573. The predicted molar refractivity (Wildman–Crippen MR) is 124 cm³/mol. The number of fused-ring (bicyclic) bond motifs is 1. The topological polar surface area (TPSA) is 85.7 Å². The predicted octanol–water partition coefficient (Wildman–Crippen LogP) is 3.06. The van der Waals surface area contributed by atoms with Crippen molar-refractivity contribution in [1.29, 1.82) is 0 Å². The number of carbonyl (C=O) groups excluding carboxylic acids is 2. The molecule has 1 aromatic heterocycles. The van der Waals surface area contributed by atoms with Crippen molar-refractivity contribution in [2.24, 2.45) is 0 Å². The standard InChI is InChI=1S/C25H28N4O4/c1-18-7-10-21(11-8-18)32-14-13-28(2)24(30)17-29-16-20(15-26-29)27-25(31)23-12-9-19-5-3-4-6-22(19)33-23/h3-8,10-11,15-16,23H,9,12-14,17H2,1-2H3,(H,27,31)/t23-/m1/s1. The summed E-state index contributed by atoms with van der Waals surface area (Å²) >= 11 is 0. The first kappa shape index (κ1) is 22.4. The Hall–Kier alpha value is -3.81. The van der Waals surface area contributed by atoms with Crippen LogP contribution in [-0.2, 0) is 22.6 Å². The van der Waals surface area contributed by atoms with E-state index >= 15 is 0 Å². The van der Waals surface area contributed by atoms with Gasteiger partial charge in [0.1, 0.15) is 24.7 Å². The van der Waals surface area contributed by atoms with Crippen LogP contribution in [0.25, 0.3) is 0 Å². The first-order valence-electron chi connectivity index (χ1n) is 11.0. The van der Waals surface area contributed by atoms with Gasteiger partial charge >= 0.3 is 0 Å². The van der Waals surface area contributed by atoms with Crippen LogP contribution in [0.2, 0.25) is 0 Å². The van der Waals surface area contributed by atoms with Crippen molar-refractivity contribution in [1.82, 2.24) is 14.7 Å². The molecule has 172 valence electrons. The lowest BCUT2D eigenvalue weighted by atomic mass is 10.0. The SMILES string of the molecule is Cc1ccc(OCCN(C)C(=O)Cn2cc(NC(=O)[C@H]3CCc4ccccc4O3)cn2)cc1. The molecule has 0 saturated carbocycles. The number of hydrogen-bond donors (Lipinski definition) is 1. The zero-order valence-electron chi connectivity index (χ0n) is 18.9. The Labute approximate surface area is 193 Å². The molecule has 1 aliphatic heterocycles. The molecule has 0 spiro atoms. The zero-order chi connectivity index (χ0) is 23.2. The summed E-state index contributed by atoms with van der Waals surface area (Å²) < 4.78 is 13.0. The van der Waals surface area contributed by atoms with E-state index in [-0.39, 0.29) is 18.4 Å². The zero-order valence-corrected chi connectivity index (χ0v) is 18.9. The number of rotatable bonds is 8. The molecule has 1 atom stereocenters. The number of ether oxygens (including phenoxy) is 2. The highest BCUT2D eigenvalue weighted by atomic mass is 16.5. The Morgan fingerprint density at radius 2 is 2.00 bits per heavy atom. The largest absolute Gasteiger partial charge is 0.492 e. The minimum atomic E-state index is -0.551. The molecule has 0 radical (unpaired) electrons. The lowest BCUT2D eigenvalue weighted by Crippen LogP contribution is -2.35.